The molecule has 0 aliphatic rings. The van der Waals surface area contributed by atoms with Gasteiger partial charge in [0.2, 0.25) is 0 Å². The lowest BCUT2D eigenvalue weighted by Crippen LogP contribution is -2.54. The number of hydrogen-bond acceptors (Lipinski definition) is 3. The molecule has 0 fully saturated rings. The highest BCUT2D eigenvalue weighted by Crippen LogP contribution is 2.38. The molecule has 0 bridgehead atoms. The average Bonchev–Trinajstić information content (AvgIpc) is 2.55. The zero-order valence-corrected chi connectivity index (χ0v) is 13.7. The topological polar surface area (TPSA) is 71.0 Å². The Morgan fingerprint density at radius 2 is 1.67 bits per heavy atom. The number of quaternary nitrogens is 1. The molecule has 2 rings (SSSR count). The molecule has 0 amide bonds. The third kappa shape index (κ3) is 3.54. The lowest BCUT2D eigenvalue weighted by atomic mass is 10.0. The number of hydrogen-bond donors (Lipinski definition) is 1. The van der Waals surface area contributed by atoms with Crippen molar-refractivity contribution in [2.45, 2.75) is 16.3 Å². The largest absolute Gasteiger partial charge is 0.497 e. The van der Waals surface area contributed by atoms with Gasteiger partial charge < -0.3 is 10.5 Å². The number of rotatable bonds is 5. The van der Waals surface area contributed by atoms with Crippen LogP contribution in [0.15, 0.2) is 53.4 Å². The molecule has 130 valence electrons. The van der Waals surface area contributed by atoms with Crippen LogP contribution in [0.25, 0.3) is 0 Å². The fourth-order valence-corrected chi connectivity index (χ4v) is 4.14. The van der Waals surface area contributed by atoms with Crippen molar-refractivity contribution in [1.82, 2.24) is 0 Å². The van der Waals surface area contributed by atoms with E-state index >= 15 is 0 Å². The zero-order chi connectivity index (χ0) is 18.0. The molecule has 0 radical (unpaired) electrons. The van der Waals surface area contributed by atoms with Crippen molar-refractivity contribution in [1.29, 1.82) is 0 Å². The molecule has 24 heavy (non-hydrogen) atoms. The van der Waals surface area contributed by atoms with E-state index in [9.17, 15) is 21.6 Å². The molecule has 1 atom stereocenters. The fourth-order valence-electron chi connectivity index (χ4n) is 2.44. The number of methoxy groups -OCH3 is 1. The molecule has 8 heteroatoms. The molecule has 2 aromatic rings. The summed E-state index contributed by atoms with van der Waals surface area (Å²) >= 11 is 0. The zero-order valence-electron chi connectivity index (χ0n) is 12.9. The van der Waals surface area contributed by atoms with Gasteiger partial charge in [-0.1, -0.05) is 18.2 Å². The maximum absolute atomic E-state index is 13.2. The van der Waals surface area contributed by atoms with Crippen molar-refractivity contribution in [3.63, 3.8) is 0 Å². The monoisotopic (exact) mass is 360 g/mol. The molecule has 0 heterocycles. The number of sulfone groups is 1. The van der Waals surface area contributed by atoms with E-state index in [0.29, 0.717) is 5.75 Å². The van der Waals surface area contributed by atoms with Gasteiger partial charge in [-0.15, -0.1) is 0 Å². The van der Waals surface area contributed by atoms with Gasteiger partial charge in [0.15, 0.2) is 9.84 Å². The smallest absolute Gasteiger partial charge is 0.416 e. The van der Waals surface area contributed by atoms with Crippen molar-refractivity contribution in [2.75, 3.05) is 13.7 Å². The van der Waals surface area contributed by atoms with Gasteiger partial charge in [0.05, 0.1) is 24.1 Å². The van der Waals surface area contributed by atoms with Crippen LogP contribution in [0.5, 0.6) is 5.75 Å². The lowest BCUT2D eigenvalue weighted by Gasteiger charge is -2.19. The Morgan fingerprint density at radius 1 is 1.08 bits per heavy atom. The van der Waals surface area contributed by atoms with Crippen molar-refractivity contribution >= 4 is 9.84 Å². The van der Waals surface area contributed by atoms with E-state index in [-0.39, 0.29) is 17.0 Å². The number of alkyl halides is 3. The van der Waals surface area contributed by atoms with Crippen molar-refractivity contribution in [3.05, 3.63) is 59.7 Å². The highest BCUT2D eigenvalue weighted by Gasteiger charge is 2.39. The second-order valence-electron chi connectivity index (χ2n) is 5.08. The van der Waals surface area contributed by atoms with Crippen LogP contribution in [0.3, 0.4) is 0 Å². The first kappa shape index (κ1) is 18.3. The molecule has 0 spiro atoms. The Labute approximate surface area is 138 Å². The normalized spacial score (nSPS) is 13.5. The summed E-state index contributed by atoms with van der Waals surface area (Å²) in [6, 6.07) is 10.2. The van der Waals surface area contributed by atoms with Gasteiger partial charge in [0, 0.05) is 0 Å². The molecule has 0 saturated carbocycles. The Morgan fingerprint density at radius 3 is 2.17 bits per heavy atom. The van der Waals surface area contributed by atoms with Gasteiger partial charge in [-0.3, -0.25) is 0 Å². The minimum absolute atomic E-state index is 0.0751. The van der Waals surface area contributed by atoms with Crippen molar-refractivity contribution in [2.24, 2.45) is 0 Å². The van der Waals surface area contributed by atoms with E-state index in [4.69, 9.17) is 4.74 Å². The summed E-state index contributed by atoms with van der Waals surface area (Å²) in [6.07, 6.45) is -4.64. The summed E-state index contributed by atoms with van der Waals surface area (Å²) in [6.45, 7) is -0.221. The van der Waals surface area contributed by atoms with Crippen LogP contribution >= 0.6 is 0 Å². The number of halogens is 3. The van der Waals surface area contributed by atoms with Gasteiger partial charge in [0.25, 0.3) is 0 Å². The third-order valence-electron chi connectivity index (χ3n) is 3.64. The maximum Gasteiger partial charge on any atom is 0.416 e. The van der Waals surface area contributed by atoms with E-state index in [0.717, 1.165) is 6.07 Å². The molecule has 2 aromatic carbocycles. The molecular formula is C16H17F3NO3S+. The van der Waals surface area contributed by atoms with Gasteiger partial charge in [-0.25, -0.2) is 8.42 Å². The van der Waals surface area contributed by atoms with Crippen LogP contribution in [0.4, 0.5) is 13.2 Å². The lowest BCUT2D eigenvalue weighted by molar-refractivity contribution is -0.367. The Kier molecular flexibility index (Phi) is 5.19. The predicted octanol–water partition coefficient (Wildman–Crippen LogP) is 2.47. The second-order valence-corrected chi connectivity index (χ2v) is 7.21. The van der Waals surface area contributed by atoms with E-state index < -0.39 is 26.8 Å². The second kappa shape index (κ2) is 6.82. The summed E-state index contributed by atoms with van der Waals surface area (Å²) in [5, 5.41) is -1.39. The number of benzene rings is 2. The first-order chi connectivity index (χ1) is 11.2. The summed E-state index contributed by atoms with van der Waals surface area (Å²) in [5.74, 6) is 0.454. The van der Waals surface area contributed by atoms with Crippen LogP contribution in [0.2, 0.25) is 0 Å². The summed E-state index contributed by atoms with van der Waals surface area (Å²) in [7, 11) is -2.60. The molecule has 0 aliphatic heterocycles. The van der Waals surface area contributed by atoms with Gasteiger partial charge in [-0.05, 0) is 35.9 Å². The van der Waals surface area contributed by atoms with Crippen LogP contribution in [-0.2, 0) is 16.0 Å². The predicted molar refractivity (Wildman–Crippen MR) is 82.1 cm³/mol. The van der Waals surface area contributed by atoms with Crippen LogP contribution in [0, 0.1) is 0 Å². The summed E-state index contributed by atoms with van der Waals surface area (Å²) < 4.78 is 70.2. The van der Waals surface area contributed by atoms with Crippen LogP contribution in [0.1, 0.15) is 16.4 Å². The van der Waals surface area contributed by atoms with E-state index in [1.807, 2.05) is 0 Å². The third-order valence-corrected chi connectivity index (χ3v) is 5.81. The highest BCUT2D eigenvalue weighted by molar-refractivity contribution is 7.91. The van der Waals surface area contributed by atoms with E-state index in [1.54, 1.807) is 0 Å². The van der Waals surface area contributed by atoms with Crippen molar-refractivity contribution in [3.8, 4) is 5.75 Å². The fraction of sp³-hybridized carbons (Fsp3) is 0.250. The summed E-state index contributed by atoms with van der Waals surface area (Å²) in [4.78, 5) is -0.0751. The Balaban J connectivity index is 2.55. The molecule has 0 saturated heterocycles. The standard InChI is InChI=1S/C16H16F3NO3S/c1-23-11-6-8-12(9-7-11)24(21,22)15(10-20)13-4-2-3-5-14(13)16(17,18)19/h2-9,15H,10,20H2,1H3/p+1/t15-/m1/s1. The van der Waals surface area contributed by atoms with Gasteiger partial charge >= 0.3 is 6.18 Å². The minimum Gasteiger partial charge on any atom is -0.497 e. The molecular weight excluding hydrogens is 343 g/mol. The van der Waals surface area contributed by atoms with Crippen molar-refractivity contribution < 1.29 is 32.1 Å². The molecule has 0 aliphatic carbocycles. The Bertz CT molecular complexity index is 802. The average molecular weight is 360 g/mol. The highest BCUT2D eigenvalue weighted by atomic mass is 32.2. The molecule has 4 nitrogen and oxygen atoms in total. The Hall–Kier alpha value is -2.06. The van der Waals surface area contributed by atoms with Crippen LogP contribution in [-0.4, -0.2) is 22.1 Å². The first-order valence-corrected chi connectivity index (χ1v) is 8.59. The van der Waals surface area contributed by atoms with E-state index in [2.05, 4.69) is 5.73 Å². The SMILES string of the molecule is COc1ccc(S(=O)(=O)[C@H](C[NH3+])c2ccccc2C(F)(F)F)cc1. The van der Waals surface area contributed by atoms with Gasteiger partial charge in [-0.2, -0.15) is 13.2 Å². The molecule has 0 aromatic heterocycles. The minimum atomic E-state index is -4.64. The van der Waals surface area contributed by atoms with Gasteiger partial charge in [0.1, 0.15) is 11.0 Å². The molecule has 3 N–H and O–H groups in total. The first-order valence-electron chi connectivity index (χ1n) is 7.05. The maximum atomic E-state index is 13.2. The quantitative estimate of drug-likeness (QED) is 0.890. The molecule has 0 unspecified atom stereocenters. The van der Waals surface area contributed by atoms with E-state index in [1.165, 1.54) is 49.6 Å². The van der Waals surface area contributed by atoms with Crippen LogP contribution < -0.4 is 10.5 Å². The summed E-state index contributed by atoms with van der Waals surface area (Å²) in [5.41, 5.74) is 2.28. The number of ether oxygens (including phenoxy) is 1.